The number of carbonyl (C=O) groups is 2. The number of aromatic nitrogens is 2. The zero-order valence-corrected chi connectivity index (χ0v) is 12.5. The van der Waals surface area contributed by atoms with Crippen LogP contribution in [0.3, 0.4) is 0 Å². The Morgan fingerprint density at radius 2 is 1.91 bits per heavy atom. The van der Waals surface area contributed by atoms with Gasteiger partial charge in [0.25, 0.3) is 5.91 Å². The fraction of sp³-hybridized carbons (Fsp3) is 0.118. The minimum Gasteiger partial charge on any atom is -0.478 e. The minimum absolute atomic E-state index is 0.140. The van der Waals surface area contributed by atoms with Crippen LogP contribution in [0.15, 0.2) is 48.7 Å². The molecule has 0 aliphatic heterocycles. The lowest BCUT2D eigenvalue weighted by molar-refractivity contribution is 0.0694. The van der Waals surface area contributed by atoms with Crippen LogP contribution in [0.5, 0.6) is 0 Å². The van der Waals surface area contributed by atoms with Crippen LogP contribution in [0.4, 0.5) is 0 Å². The van der Waals surface area contributed by atoms with E-state index >= 15 is 0 Å². The Balaban J connectivity index is 1.85. The van der Waals surface area contributed by atoms with E-state index in [0.29, 0.717) is 22.6 Å². The van der Waals surface area contributed by atoms with Crippen molar-refractivity contribution in [3.05, 3.63) is 71.2 Å². The molecule has 1 aromatic carbocycles. The molecule has 3 aromatic rings. The van der Waals surface area contributed by atoms with Crippen LogP contribution in [0, 0.1) is 6.92 Å². The molecule has 23 heavy (non-hydrogen) atoms. The zero-order valence-electron chi connectivity index (χ0n) is 12.5. The summed E-state index contributed by atoms with van der Waals surface area (Å²) in [6.07, 6.45) is 1.77. The van der Waals surface area contributed by atoms with Gasteiger partial charge in [0.15, 0.2) is 0 Å². The largest absolute Gasteiger partial charge is 0.478 e. The van der Waals surface area contributed by atoms with Crippen LogP contribution in [0.1, 0.15) is 32.1 Å². The van der Waals surface area contributed by atoms with Gasteiger partial charge in [0.1, 0.15) is 11.3 Å². The number of carboxylic acid groups (broad SMARTS) is 1. The Hall–Kier alpha value is -3.15. The van der Waals surface area contributed by atoms with Crippen LogP contribution in [0.2, 0.25) is 0 Å². The van der Waals surface area contributed by atoms with Gasteiger partial charge in [0.05, 0.1) is 11.3 Å². The molecule has 6 heteroatoms. The molecule has 0 aliphatic rings. The molecule has 6 nitrogen and oxygen atoms in total. The molecule has 0 atom stereocenters. The SMILES string of the molecule is Cc1nc2ccccn2c1C(=O)NCc1ccccc1C(=O)O. The van der Waals surface area contributed by atoms with Crippen molar-refractivity contribution < 1.29 is 14.7 Å². The van der Waals surface area contributed by atoms with Crippen molar-refractivity contribution in [3.63, 3.8) is 0 Å². The first-order valence-electron chi connectivity index (χ1n) is 7.11. The molecule has 2 N–H and O–H groups in total. The Bertz CT molecular complexity index is 899. The van der Waals surface area contributed by atoms with E-state index < -0.39 is 5.97 Å². The average Bonchev–Trinajstić information content (AvgIpc) is 2.88. The molecule has 0 unspecified atom stereocenters. The van der Waals surface area contributed by atoms with Gasteiger partial charge >= 0.3 is 5.97 Å². The van der Waals surface area contributed by atoms with Crippen LogP contribution in [-0.2, 0) is 6.54 Å². The van der Waals surface area contributed by atoms with E-state index in [1.165, 1.54) is 6.07 Å². The van der Waals surface area contributed by atoms with Crippen molar-refractivity contribution >= 4 is 17.5 Å². The number of imidazole rings is 1. The maximum absolute atomic E-state index is 12.5. The second kappa shape index (κ2) is 5.92. The number of pyridine rings is 1. The number of rotatable bonds is 4. The molecule has 3 rings (SSSR count). The highest BCUT2D eigenvalue weighted by atomic mass is 16.4. The number of aryl methyl sites for hydroxylation is 1. The Kier molecular flexibility index (Phi) is 3.80. The van der Waals surface area contributed by atoms with Gasteiger partial charge in [-0.05, 0) is 30.7 Å². The molecule has 0 spiro atoms. The summed E-state index contributed by atoms with van der Waals surface area (Å²) in [4.78, 5) is 28.0. The molecule has 0 fully saturated rings. The highest BCUT2D eigenvalue weighted by molar-refractivity contribution is 5.95. The second-order valence-electron chi connectivity index (χ2n) is 5.12. The van der Waals surface area contributed by atoms with Gasteiger partial charge in [-0.1, -0.05) is 24.3 Å². The molecule has 2 aromatic heterocycles. The Labute approximate surface area is 132 Å². The summed E-state index contributed by atoms with van der Waals surface area (Å²) in [5.41, 5.74) is 2.51. The highest BCUT2D eigenvalue weighted by Crippen LogP contribution is 2.13. The van der Waals surface area contributed by atoms with E-state index in [1.807, 2.05) is 18.2 Å². The predicted molar refractivity (Wildman–Crippen MR) is 84.5 cm³/mol. The van der Waals surface area contributed by atoms with Crippen LogP contribution < -0.4 is 5.32 Å². The van der Waals surface area contributed by atoms with Gasteiger partial charge in [0, 0.05) is 12.7 Å². The molecule has 0 bridgehead atoms. The molecule has 0 saturated carbocycles. The smallest absolute Gasteiger partial charge is 0.336 e. The maximum Gasteiger partial charge on any atom is 0.336 e. The van der Waals surface area contributed by atoms with Gasteiger partial charge in [-0.3, -0.25) is 9.20 Å². The Morgan fingerprint density at radius 1 is 1.17 bits per heavy atom. The number of nitrogens with one attached hydrogen (secondary N) is 1. The Morgan fingerprint density at radius 3 is 2.70 bits per heavy atom. The number of aromatic carboxylic acids is 1. The zero-order chi connectivity index (χ0) is 16.4. The molecular formula is C17H15N3O3. The fourth-order valence-corrected chi connectivity index (χ4v) is 2.53. The van der Waals surface area contributed by atoms with Gasteiger partial charge < -0.3 is 10.4 Å². The monoisotopic (exact) mass is 309 g/mol. The summed E-state index contributed by atoms with van der Waals surface area (Å²) >= 11 is 0. The van der Waals surface area contributed by atoms with Crippen molar-refractivity contribution in [1.29, 1.82) is 0 Å². The normalized spacial score (nSPS) is 10.7. The first-order valence-corrected chi connectivity index (χ1v) is 7.11. The van der Waals surface area contributed by atoms with Gasteiger partial charge in [-0.2, -0.15) is 0 Å². The number of fused-ring (bicyclic) bond motifs is 1. The number of hydrogen-bond donors (Lipinski definition) is 2. The number of benzene rings is 1. The second-order valence-corrected chi connectivity index (χ2v) is 5.12. The summed E-state index contributed by atoms with van der Waals surface area (Å²) in [5.74, 6) is -1.30. The van der Waals surface area contributed by atoms with Crippen molar-refractivity contribution in [2.75, 3.05) is 0 Å². The first kappa shape index (κ1) is 14.8. The lowest BCUT2D eigenvalue weighted by Gasteiger charge is -2.08. The topological polar surface area (TPSA) is 83.7 Å². The van der Waals surface area contributed by atoms with Crippen molar-refractivity contribution in [1.82, 2.24) is 14.7 Å². The molecule has 0 aliphatic carbocycles. The summed E-state index contributed by atoms with van der Waals surface area (Å²) in [6.45, 7) is 1.91. The maximum atomic E-state index is 12.5. The summed E-state index contributed by atoms with van der Waals surface area (Å²) in [6, 6.07) is 12.1. The van der Waals surface area contributed by atoms with Crippen molar-refractivity contribution in [3.8, 4) is 0 Å². The number of carboxylic acids is 1. The molecule has 0 saturated heterocycles. The molecule has 2 heterocycles. The van der Waals surface area contributed by atoms with E-state index in [1.54, 1.807) is 35.7 Å². The molecule has 116 valence electrons. The van der Waals surface area contributed by atoms with E-state index in [4.69, 9.17) is 0 Å². The highest BCUT2D eigenvalue weighted by Gasteiger charge is 2.17. The number of amides is 1. The molecule has 0 radical (unpaired) electrons. The number of hydrogen-bond acceptors (Lipinski definition) is 3. The fourth-order valence-electron chi connectivity index (χ4n) is 2.53. The van der Waals surface area contributed by atoms with E-state index in [2.05, 4.69) is 10.3 Å². The van der Waals surface area contributed by atoms with E-state index in [9.17, 15) is 14.7 Å². The van der Waals surface area contributed by atoms with Gasteiger partial charge in [-0.25, -0.2) is 9.78 Å². The van der Waals surface area contributed by atoms with Gasteiger partial charge in [-0.15, -0.1) is 0 Å². The summed E-state index contributed by atoms with van der Waals surface area (Å²) in [7, 11) is 0. The van der Waals surface area contributed by atoms with Crippen molar-refractivity contribution in [2.24, 2.45) is 0 Å². The average molecular weight is 309 g/mol. The third kappa shape index (κ3) is 2.78. The number of nitrogens with zero attached hydrogens (tertiary/aromatic N) is 2. The van der Waals surface area contributed by atoms with Crippen LogP contribution in [-0.4, -0.2) is 26.4 Å². The third-order valence-electron chi connectivity index (χ3n) is 3.61. The predicted octanol–water partition coefficient (Wildman–Crippen LogP) is 2.27. The summed E-state index contributed by atoms with van der Waals surface area (Å²) in [5, 5.41) is 11.9. The van der Waals surface area contributed by atoms with E-state index in [0.717, 1.165) is 0 Å². The summed E-state index contributed by atoms with van der Waals surface area (Å²) < 4.78 is 1.72. The third-order valence-corrected chi connectivity index (χ3v) is 3.61. The van der Waals surface area contributed by atoms with Crippen LogP contribution >= 0.6 is 0 Å². The lowest BCUT2D eigenvalue weighted by atomic mass is 10.1. The molecule has 1 amide bonds. The minimum atomic E-state index is -1.01. The van der Waals surface area contributed by atoms with Crippen molar-refractivity contribution in [2.45, 2.75) is 13.5 Å². The van der Waals surface area contributed by atoms with E-state index in [-0.39, 0.29) is 18.0 Å². The quantitative estimate of drug-likeness (QED) is 0.774. The first-order chi connectivity index (χ1) is 11.1. The van der Waals surface area contributed by atoms with Gasteiger partial charge in [0.2, 0.25) is 0 Å². The number of carbonyl (C=O) groups excluding carboxylic acids is 1. The lowest BCUT2D eigenvalue weighted by Crippen LogP contribution is -2.25. The van der Waals surface area contributed by atoms with Crippen LogP contribution in [0.25, 0.3) is 5.65 Å². The standard InChI is InChI=1S/C17H15N3O3/c1-11-15(20-9-5-4-8-14(20)19-11)16(21)18-10-12-6-2-3-7-13(12)17(22)23/h2-9H,10H2,1H3,(H,18,21)(H,22,23). The molecular weight excluding hydrogens is 294 g/mol.